The van der Waals surface area contributed by atoms with Gasteiger partial charge in [-0.25, -0.2) is 9.18 Å². The van der Waals surface area contributed by atoms with Gasteiger partial charge in [-0.1, -0.05) is 6.07 Å². The maximum Gasteiger partial charge on any atom is 0.416 e. The second-order valence-corrected chi connectivity index (χ2v) is 9.08. The first kappa shape index (κ1) is 29.2. The van der Waals surface area contributed by atoms with E-state index in [1.165, 1.54) is 23.1 Å². The number of esters is 1. The number of carbonyl (C=O) groups is 2. The maximum atomic E-state index is 13.7. The summed E-state index contributed by atoms with van der Waals surface area (Å²) in [4.78, 5) is 26.9. The summed E-state index contributed by atoms with van der Waals surface area (Å²) in [5.74, 6) is -1.39. The fourth-order valence-corrected chi connectivity index (χ4v) is 4.57. The highest BCUT2D eigenvalue weighted by Gasteiger charge is 2.38. The van der Waals surface area contributed by atoms with Crippen LogP contribution in [-0.2, 0) is 28.3 Å². The highest BCUT2D eigenvalue weighted by molar-refractivity contribution is 5.77. The molecule has 0 spiro atoms. The second kappa shape index (κ2) is 11.6. The van der Waals surface area contributed by atoms with Crippen molar-refractivity contribution in [3.63, 3.8) is 0 Å². The Bertz CT molecular complexity index is 1130. The molecule has 12 heteroatoms. The van der Waals surface area contributed by atoms with Crippen LogP contribution >= 0.6 is 0 Å². The fourth-order valence-electron chi connectivity index (χ4n) is 4.57. The summed E-state index contributed by atoms with van der Waals surface area (Å²) in [5, 5.41) is 2.55. The highest BCUT2D eigenvalue weighted by atomic mass is 19.4. The molecule has 1 aliphatic heterocycles. The Morgan fingerprint density at radius 3 is 2.21 bits per heavy atom. The van der Waals surface area contributed by atoms with Gasteiger partial charge in [-0.3, -0.25) is 4.79 Å². The smallest absolute Gasteiger partial charge is 0.416 e. The summed E-state index contributed by atoms with van der Waals surface area (Å²) >= 11 is 0. The number of rotatable bonds is 6. The summed E-state index contributed by atoms with van der Waals surface area (Å²) in [5.41, 5.74) is -1.92. The molecule has 1 heterocycles. The lowest BCUT2D eigenvalue weighted by Crippen LogP contribution is -2.48. The number of amides is 2. The molecule has 0 saturated carbocycles. The topological polar surface area (TPSA) is 58.6 Å². The predicted octanol–water partition coefficient (Wildman–Crippen LogP) is 6.44. The number of alkyl halides is 6. The SMILES string of the molecule is CCOC(=O)[C@H]1CCN(C(=O)NCCc2cc(C(F)(F)F)cc(C(F)(F)F)c2)[C@@H](c2ccc(F)cc2C)C1. The van der Waals surface area contributed by atoms with Crippen LogP contribution in [-0.4, -0.2) is 36.6 Å². The normalized spacial score (nSPS) is 18.3. The van der Waals surface area contributed by atoms with Gasteiger partial charge in [0.2, 0.25) is 0 Å². The minimum atomic E-state index is -4.97. The Morgan fingerprint density at radius 2 is 1.66 bits per heavy atom. The van der Waals surface area contributed by atoms with Crippen molar-refractivity contribution in [2.75, 3.05) is 19.7 Å². The van der Waals surface area contributed by atoms with E-state index >= 15 is 0 Å². The van der Waals surface area contributed by atoms with E-state index in [2.05, 4.69) is 5.32 Å². The zero-order chi connectivity index (χ0) is 28.3. The molecule has 1 fully saturated rings. The van der Waals surface area contributed by atoms with Crippen LogP contribution in [0.25, 0.3) is 0 Å². The third-order valence-electron chi connectivity index (χ3n) is 6.41. The monoisotopic (exact) mass is 548 g/mol. The van der Waals surface area contributed by atoms with Crippen molar-refractivity contribution in [2.45, 2.75) is 51.5 Å². The van der Waals surface area contributed by atoms with Crippen molar-refractivity contribution in [1.29, 1.82) is 0 Å². The summed E-state index contributed by atoms with van der Waals surface area (Å²) < 4.78 is 97.6. The number of likely N-dealkylation sites (tertiary alicyclic amines) is 1. The van der Waals surface area contributed by atoms with Crippen molar-refractivity contribution >= 4 is 12.0 Å². The van der Waals surface area contributed by atoms with Gasteiger partial charge in [0.15, 0.2) is 0 Å². The highest BCUT2D eigenvalue weighted by Crippen LogP contribution is 2.38. The van der Waals surface area contributed by atoms with E-state index in [9.17, 15) is 40.3 Å². The van der Waals surface area contributed by atoms with Gasteiger partial charge in [0.05, 0.1) is 29.7 Å². The molecular weight excluding hydrogens is 521 g/mol. The summed E-state index contributed by atoms with van der Waals surface area (Å²) in [6.07, 6.45) is -9.71. The molecule has 0 radical (unpaired) electrons. The summed E-state index contributed by atoms with van der Waals surface area (Å²) in [7, 11) is 0. The molecule has 38 heavy (non-hydrogen) atoms. The van der Waals surface area contributed by atoms with E-state index in [4.69, 9.17) is 4.74 Å². The number of piperidine rings is 1. The van der Waals surface area contributed by atoms with Gasteiger partial charge in [-0.2, -0.15) is 26.3 Å². The lowest BCUT2D eigenvalue weighted by molar-refractivity contribution is -0.150. The number of ether oxygens (including phenoxy) is 1. The van der Waals surface area contributed by atoms with Gasteiger partial charge in [-0.05, 0) is 80.1 Å². The molecule has 2 aromatic carbocycles. The largest absolute Gasteiger partial charge is 0.466 e. The molecule has 2 aromatic rings. The maximum absolute atomic E-state index is 13.7. The molecule has 5 nitrogen and oxygen atoms in total. The second-order valence-electron chi connectivity index (χ2n) is 9.08. The molecule has 2 atom stereocenters. The third kappa shape index (κ3) is 7.16. The Balaban J connectivity index is 1.77. The number of nitrogens with zero attached hydrogens (tertiary/aromatic N) is 1. The lowest BCUT2D eigenvalue weighted by atomic mass is 9.85. The first-order valence-electron chi connectivity index (χ1n) is 12.0. The van der Waals surface area contributed by atoms with Crippen molar-refractivity contribution in [3.05, 3.63) is 70.0 Å². The number of benzene rings is 2. The van der Waals surface area contributed by atoms with Crippen LogP contribution < -0.4 is 5.32 Å². The van der Waals surface area contributed by atoms with Gasteiger partial charge in [0, 0.05) is 13.1 Å². The summed E-state index contributed by atoms with van der Waals surface area (Å²) in [6.45, 7) is 3.42. The van der Waals surface area contributed by atoms with Crippen LogP contribution in [0.4, 0.5) is 35.5 Å². The number of aryl methyl sites for hydroxylation is 1. The number of nitrogens with one attached hydrogen (secondary N) is 1. The molecule has 1 N–H and O–H groups in total. The average molecular weight is 548 g/mol. The molecule has 1 saturated heterocycles. The number of carbonyl (C=O) groups excluding carboxylic acids is 2. The van der Waals surface area contributed by atoms with Crippen molar-refractivity contribution in [1.82, 2.24) is 10.2 Å². The molecule has 0 aliphatic carbocycles. The first-order chi connectivity index (χ1) is 17.7. The zero-order valence-corrected chi connectivity index (χ0v) is 20.7. The number of hydrogen-bond donors (Lipinski definition) is 1. The van der Waals surface area contributed by atoms with Crippen LogP contribution in [0.15, 0.2) is 36.4 Å². The number of urea groups is 1. The van der Waals surface area contributed by atoms with Crippen LogP contribution in [0.5, 0.6) is 0 Å². The summed E-state index contributed by atoms with van der Waals surface area (Å²) in [6, 6.07) is 4.11. The molecule has 2 amide bonds. The average Bonchev–Trinajstić information content (AvgIpc) is 2.82. The number of halogens is 7. The molecule has 0 aromatic heterocycles. The lowest BCUT2D eigenvalue weighted by Gasteiger charge is -2.39. The minimum absolute atomic E-state index is 0.0470. The van der Waals surface area contributed by atoms with Crippen molar-refractivity contribution in [2.24, 2.45) is 5.92 Å². The zero-order valence-electron chi connectivity index (χ0n) is 20.7. The molecule has 3 rings (SSSR count). The van der Waals surface area contributed by atoms with Crippen LogP contribution in [0.2, 0.25) is 0 Å². The van der Waals surface area contributed by atoms with E-state index in [1.54, 1.807) is 13.8 Å². The van der Waals surface area contributed by atoms with E-state index in [0.29, 0.717) is 29.7 Å². The number of hydrogen-bond acceptors (Lipinski definition) is 3. The predicted molar refractivity (Wildman–Crippen MR) is 123 cm³/mol. The molecular formula is C26H27F7N2O3. The van der Waals surface area contributed by atoms with Crippen LogP contribution in [0.1, 0.15) is 53.6 Å². The standard InChI is InChI=1S/C26H27F7N2O3/c1-3-38-23(36)17-7-9-35(22(13-17)21-5-4-20(27)10-15(21)2)24(37)34-8-6-16-11-18(25(28,29)30)14-19(12-16)26(31,32)33/h4-5,10-12,14,17,22H,3,6-9,13H2,1-2H3,(H,34,37)/t17-,22+/m0/s1. The van der Waals surface area contributed by atoms with Crippen molar-refractivity contribution in [3.8, 4) is 0 Å². The fraction of sp³-hybridized carbons (Fsp3) is 0.462. The Hall–Kier alpha value is -3.31. The van der Waals surface area contributed by atoms with Crippen molar-refractivity contribution < 1.29 is 45.1 Å². The Labute approximate surface area is 214 Å². The van der Waals surface area contributed by atoms with Gasteiger partial charge in [0.1, 0.15) is 5.82 Å². The van der Waals surface area contributed by atoms with Gasteiger partial charge < -0.3 is 15.0 Å². The van der Waals surface area contributed by atoms with Gasteiger partial charge in [0.25, 0.3) is 0 Å². The Morgan fingerprint density at radius 1 is 1.03 bits per heavy atom. The quantitative estimate of drug-likeness (QED) is 0.334. The van der Waals surface area contributed by atoms with E-state index in [1.807, 2.05) is 0 Å². The molecule has 0 unspecified atom stereocenters. The molecule has 208 valence electrons. The Kier molecular flexibility index (Phi) is 8.94. The first-order valence-corrected chi connectivity index (χ1v) is 12.0. The minimum Gasteiger partial charge on any atom is -0.466 e. The van der Waals surface area contributed by atoms with E-state index in [0.717, 1.165) is 0 Å². The van der Waals surface area contributed by atoms with E-state index in [-0.39, 0.29) is 44.2 Å². The molecule has 0 bridgehead atoms. The van der Waals surface area contributed by atoms with Gasteiger partial charge in [-0.15, -0.1) is 0 Å². The van der Waals surface area contributed by atoms with Crippen LogP contribution in [0, 0.1) is 18.7 Å². The van der Waals surface area contributed by atoms with Crippen LogP contribution in [0.3, 0.4) is 0 Å². The molecule has 1 aliphatic rings. The van der Waals surface area contributed by atoms with Gasteiger partial charge >= 0.3 is 24.4 Å². The third-order valence-corrected chi connectivity index (χ3v) is 6.41. The van der Waals surface area contributed by atoms with E-state index < -0.39 is 53.3 Å².